The highest BCUT2D eigenvalue weighted by Gasteiger charge is 2.46. The number of ether oxygens (including phenoxy) is 1. The van der Waals surface area contributed by atoms with E-state index in [9.17, 15) is 13.6 Å². The zero-order valence-corrected chi connectivity index (χ0v) is 13.2. The van der Waals surface area contributed by atoms with Crippen molar-refractivity contribution in [1.29, 1.82) is 0 Å². The van der Waals surface area contributed by atoms with E-state index in [0.29, 0.717) is 0 Å². The molecule has 1 N–H and O–H groups in total. The zero-order valence-electron chi connectivity index (χ0n) is 13.2. The predicted molar refractivity (Wildman–Crippen MR) is 78.0 cm³/mol. The Hall–Kier alpha value is -1.76. The van der Waals surface area contributed by atoms with Crippen LogP contribution in [-0.4, -0.2) is 48.1 Å². The molecule has 0 bridgehead atoms. The van der Waals surface area contributed by atoms with Crippen molar-refractivity contribution in [2.24, 2.45) is 0 Å². The van der Waals surface area contributed by atoms with Crippen molar-refractivity contribution in [2.75, 3.05) is 20.3 Å². The molecule has 0 radical (unpaired) electrons. The van der Waals surface area contributed by atoms with Crippen molar-refractivity contribution >= 4 is 6.03 Å². The summed E-state index contributed by atoms with van der Waals surface area (Å²) in [5, 5.41) is 2.35. The molecule has 1 fully saturated rings. The van der Waals surface area contributed by atoms with E-state index in [-0.39, 0.29) is 12.6 Å². The van der Waals surface area contributed by atoms with Crippen LogP contribution in [-0.2, 0) is 4.74 Å². The fourth-order valence-corrected chi connectivity index (χ4v) is 2.67. The molecule has 1 aliphatic heterocycles. The minimum atomic E-state index is -3.03. The summed E-state index contributed by atoms with van der Waals surface area (Å²) in [5.41, 5.74) is 2.89. The Morgan fingerprint density at radius 3 is 2.55 bits per heavy atom. The molecule has 2 atom stereocenters. The van der Waals surface area contributed by atoms with Crippen molar-refractivity contribution in [1.82, 2.24) is 15.2 Å². The lowest BCUT2D eigenvalue weighted by Gasteiger charge is -2.29. The SMILES string of the molecule is Cc1cncc(C)c1[C@@H](C)N(C)C(=O)N[C@H]1COCC1(F)F. The van der Waals surface area contributed by atoms with Crippen LogP contribution in [0.4, 0.5) is 13.6 Å². The topological polar surface area (TPSA) is 54.5 Å². The maximum Gasteiger partial charge on any atom is 0.318 e. The molecule has 1 saturated heterocycles. The van der Waals surface area contributed by atoms with Crippen LogP contribution >= 0.6 is 0 Å². The maximum atomic E-state index is 13.5. The highest BCUT2D eigenvalue weighted by atomic mass is 19.3. The Balaban J connectivity index is 2.10. The highest BCUT2D eigenvalue weighted by molar-refractivity contribution is 5.75. The van der Waals surface area contributed by atoms with Gasteiger partial charge >= 0.3 is 6.03 Å². The number of urea groups is 1. The number of carbonyl (C=O) groups is 1. The first-order valence-corrected chi connectivity index (χ1v) is 7.14. The molecule has 5 nitrogen and oxygen atoms in total. The monoisotopic (exact) mass is 313 g/mol. The summed E-state index contributed by atoms with van der Waals surface area (Å²) in [4.78, 5) is 17.8. The summed E-state index contributed by atoms with van der Waals surface area (Å²) in [6, 6.07) is -2.08. The van der Waals surface area contributed by atoms with E-state index in [1.807, 2.05) is 20.8 Å². The van der Waals surface area contributed by atoms with Crippen molar-refractivity contribution in [3.8, 4) is 0 Å². The van der Waals surface area contributed by atoms with Gasteiger partial charge in [-0.3, -0.25) is 4.98 Å². The third-order valence-corrected chi connectivity index (χ3v) is 4.09. The van der Waals surface area contributed by atoms with Gasteiger partial charge in [-0.05, 0) is 37.5 Å². The van der Waals surface area contributed by atoms with Crippen LogP contribution in [0.5, 0.6) is 0 Å². The maximum absolute atomic E-state index is 13.5. The van der Waals surface area contributed by atoms with Gasteiger partial charge in [0, 0.05) is 19.4 Å². The van der Waals surface area contributed by atoms with Crippen molar-refractivity contribution in [3.63, 3.8) is 0 Å². The Morgan fingerprint density at radius 2 is 2.05 bits per heavy atom. The lowest BCUT2D eigenvalue weighted by molar-refractivity contribution is -0.0223. The van der Waals surface area contributed by atoms with E-state index in [1.165, 1.54) is 4.90 Å². The average Bonchev–Trinajstić information content (AvgIpc) is 2.76. The van der Waals surface area contributed by atoms with E-state index in [4.69, 9.17) is 4.74 Å². The lowest BCUT2D eigenvalue weighted by atomic mass is 9.99. The second-order valence-corrected chi connectivity index (χ2v) is 5.75. The van der Waals surface area contributed by atoms with E-state index in [2.05, 4.69) is 10.3 Å². The number of hydrogen-bond donors (Lipinski definition) is 1. The lowest BCUT2D eigenvalue weighted by Crippen LogP contribution is -2.51. The minimum absolute atomic E-state index is 0.172. The van der Waals surface area contributed by atoms with Crippen LogP contribution in [0, 0.1) is 13.8 Å². The molecule has 1 aromatic rings. The molecule has 2 heterocycles. The molecule has 1 aromatic heterocycles. The number of pyridine rings is 1. The Morgan fingerprint density at radius 1 is 1.45 bits per heavy atom. The van der Waals surface area contributed by atoms with Crippen LogP contribution in [0.15, 0.2) is 12.4 Å². The first kappa shape index (κ1) is 16.6. The molecule has 2 amide bonds. The predicted octanol–water partition coefficient (Wildman–Crippen LogP) is 2.43. The van der Waals surface area contributed by atoms with Gasteiger partial charge in [0.15, 0.2) is 0 Å². The quantitative estimate of drug-likeness (QED) is 0.932. The number of hydrogen-bond acceptors (Lipinski definition) is 3. The van der Waals surface area contributed by atoms with E-state index in [0.717, 1.165) is 16.7 Å². The standard InChI is InChI=1S/C15H21F2N3O2/c1-9-5-18-6-10(2)13(9)11(3)20(4)14(21)19-12-7-22-8-15(12,16)17/h5-6,11-12H,7-8H2,1-4H3,(H,19,21)/t11-,12+/m1/s1. The number of aromatic nitrogens is 1. The fourth-order valence-electron chi connectivity index (χ4n) is 2.67. The summed E-state index contributed by atoms with van der Waals surface area (Å²) >= 11 is 0. The summed E-state index contributed by atoms with van der Waals surface area (Å²) in [6.45, 7) is 4.86. The Bertz CT molecular complexity index is 545. The van der Waals surface area contributed by atoms with Crippen LogP contribution in [0.3, 0.4) is 0 Å². The fraction of sp³-hybridized carbons (Fsp3) is 0.600. The molecular formula is C15H21F2N3O2. The smallest absolute Gasteiger partial charge is 0.318 e. The van der Waals surface area contributed by atoms with Gasteiger partial charge in [-0.15, -0.1) is 0 Å². The van der Waals surface area contributed by atoms with Gasteiger partial charge in [0.2, 0.25) is 0 Å². The normalized spacial score (nSPS) is 21.5. The van der Waals surface area contributed by atoms with Crippen LogP contribution in [0.1, 0.15) is 29.7 Å². The van der Waals surface area contributed by atoms with E-state index < -0.39 is 24.6 Å². The van der Waals surface area contributed by atoms with Crippen molar-refractivity contribution in [3.05, 3.63) is 29.1 Å². The Labute approximate surface area is 128 Å². The number of amides is 2. The summed E-state index contributed by atoms with van der Waals surface area (Å²) < 4.78 is 31.8. The van der Waals surface area contributed by atoms with Gasteiger partial charge in [0.05, 0.1) is 12.6 Å². The molecule has 0 aromatic carbocycles. The number of nitrogens with zero attached hydrogens (tertiary/aromatic N) is 2. The van der Waals surface area contributed by atoms with Crippen molar-refractivity contribution in [2.45, 2.75) is 38.8 Å². The van der Waals surface area contributed by atoms with Crippen LogP contribution in [0.25, 0.3) is 0 Å². The molecule has 0 saturated carbocycles. The number of aryl methyl sites for hydroxylation is 2. The summed E-state index contributed by atoms with van der Waals surface area (Å²) in [7, 11) is 1.59. The number of halogens is 2. The minimum Gasteiger partial charge on any atom is -0.373 e. The number of alkyl halides is 2. The summed E-state index contributed by atoms with van der Waals surface area (Å²) in [5.74, 6) is -3.03. The molecular weight excluding hydrogens is 292 g/mol. The van der Waals surface area contributed by atoms with Gasteiger partial charge in [0.1, 0.15) is 12.6 Å². The number of nitrogens with one attached hydrogen (secondary N) is 1. The van der Waals surface area contributed by atoms with E-state index in [1.54, 1.807) is 19.4 Å². The Kier molecular flexibility index (Phi) is 4.65. The largest absolute Gasteiger partial charge is 0.373 e. The van der Waals surface area contributed by atoms with E-state index >= 15 is 0 Å². The molecule has 0 unspecified atom stereocenters. The van der Waals surface area contributed by atoms with Gasteiger partial charge in [-0.2, -0.15) is 0 Å². The number of carbonyl (C=O) groups excluding carboxylic acids is 1. The highest BCUT2D eigenvalue weighted by Crippen LogP contribution is 2.27. The average molecular weight is 313 g/mol. The molecule has 0 aliphatic carbocycles. The third-order valence-electron chi connectivity index (χ3n) is 4.09. The molecule has 1 aliphatic rings. The second kappa shape index (κ2) is 6.16. The molecule has 22 heavy (non-hydrogen) atoms. The van der Waals surface area contributed by atoms with Crippen LogP contribution in [0.2, 0.25) is 0 Å². The van der Waals surface area contributed by atoms with Gasteiger partial charge in [-0.1, -0.05) is 0 Å². The third kappa shape index (κ3) is 3.19. The van der Waals surface area contributed by atoms with Gasteiger partial charge in [-0.25, -0.2) is 13.6 Å². The molecule has 2 rings (SSSR count). The van der Waals surface area contributed by atoms with Gasteiger partial charge < -0.3 is 15.0 Å². The number of rotatable bonds is 3. The second-order valence-electron chi connectivity index (χ2n) is 5.75. The molecule has 7 heteroatoms. The molecule has 122 valence electrons. The molecule has 0 spiro atoms. The first-order chi connectivity index (χ1) is 10.2. The summed E-state index contributed by atoms with van der Waals surface area (Å²) in [6.07, 6.45) is 3.45. The first-order valence-electron chi connectivity index (χ1n) is 7.14. The zero-order chi connectivity index (χ0) is 16.5. The van der Waals surface area contributed by atoms with Crippen LogP contribution < -0.4 is 5.32 Å². The van der Waals surface area contributed by atoms with Crippen molar-refractivity contribution < 1.29 is 18.3 Å². The van der Waals surface area contributed by atoms with Gasteiger partial charge in [0.25, 0.3) is 5.92 Å².